The van der Waals surface area contributed by atoms with E-state index in [1.54, 1.807) is 0 Å². The molecule has 0 bridgehead atoms. The van der Waals surface area contributed by atoms with Gasteiger partial charge < -0.3 is 0 Å². The first-order chi connectivity index (χ1) is 10.1. The molecule has 0 aliphatic rings. The van der Waals surface area contributed by atoms with Gasteiger partial charge in [0, 0.05) is 6.54 Å². The minimum absolute atomic E-state index is 0.0170. The summed E-state index contributed by atoms with van der Waals surface area (Å²) in [4.78, 5) is 0. The van der Waals surface area contributed by atoms with E-state index >= 15 is 0 Å². The van der Waals surface area contributed by atoms with Gasteiger partial charge in [-0.25, -0.2) is 0 Å². The standard InChI is InChI=1S/C17H22BrClN2/c1-4-14-16(18)15(21(5-2)20-14)11-12(3)17(19)13-9-7-6-8-10-13/h6-10,12,17H,4-5,11H2,1-3H3. The quantitative estimate of drug-likeness (QED) is 0.624. The van der Waals surface area contributed by atoms with Crippen molar-refractivity contribution in [2.75, 3.05) is 0 Å². The Hall–Kier alpha value is -0.800. The molecule has 0 aliphatic heterocycles. The van der Waals surface area contributed by atoms with Crippen LogP contribution < -0.4 is 0 Å². The SMILES string of the molecule is CCc1nn(CC)c(CC(C)C(Cl)c2ccccc2)c1Br. The topological polar surface area (TPSA) is 17.8 Å². The summed E-state index contributed by atoms with van der Waals surface area (Å²) in [5, 5.41) is 4.68. The largest absolute Gasteiger partial charge is 0.268 e. The number of nitrogens with zero attached hydrogens (tertiary/aromatic N) is 2. The van der Waals surface area contributed by atoms with E-state index < -0.39 is 0 Å². The molecule has 1 aromatic carbocycles. The van der Waals surface area contributed by atoms with E-state index in [0.717, 1.165) is 29.6 Å². The van der Waals surface area contributed by atoms with Crippen molar-refractivity contribution in [3.05, 3.63) is 51.8 Å². The summed E-state index contributed by atoms with van der Waals surface area (Å²) in [7, 11) is 0. The van der Waals surface area contributed by atoms with Crippen LogP contribution in [0.3, 0.4) is 0 Å². The molecule has 0 amide bonds. The van der Waals surface area contributed by atoms with Crippen molar-refractivity contribution in [3.63, 3.8) is 0 Å². The lowest BCUT2D eigenvalue weighted by molar-refractivity contribution is 0.514. The van der Waals surface area contributed by atoms with Crippen molar-refractivity contribution in [2.45, 2.75) is 45.5 Å². The third-order valence-electron chi connectivity index (χ3n) is 3.83. The Morgan fingerprint density at radius 3 is 2.48 bits per heavy atom. The smallest absolute Gasteiger partial charge is 0.0766 e. The van der Waals surface area contributed by atoms with E-state index in [1.807, 2.05) is 18.2 Å². The predicted octanol–water partition coefficient (Wildman–Crippen LogP) is 5.39. The summed E-state index contributed by atoms with van der Waals surface area (Å²) in [5.74, 6) is 0.345. The summed E-state index contributed by atoms with van der Waals surface area (Å²) in [6.07, 6.45) is 1.86. The van der Waals surface area contributed by atoms with Gasteiger partial charge in [0.05, 0.1) is 21.2 Å². The van der Waals surface area contributed by atoms with Gasteiger partial charge in [0.25, 0.3) is 0 Å². The molecule has 2 unspecified atom stereocenters. The van der Waals surface area contributed by atoms with Gasteiger partial charge in [-0.2, -0.15) is 5.10 Å². The molecule has 21 heavy (non-hydrogen) atoms. The van der Waals surface area contributed by atoms with Crippen LogP contribution in [0.2, 0.25) is 0 Å². The minimum Gasteiger partial charge on any atom is -0.268 e. The van der Waals surface area contributed by atoms with E-state index in [0.29, 0.717) is 5.92 Å². The van der Waals surface area contributed by atoms with Crippen LogP contribution in [0.5, 0.6) is 0 Å². The fraction of sp³-hybridized carbons (Fsp3) is 0.471. The van der Waals surface area contributed by atoms with Crippen molar-refractivity contribution < 1.29 is 0 Å². The highest BCUT2D eigenvalue weighted by molar-refractivity contribution is 9.10. The number of hydrogen-bond acceptors (Lipinski definition) is 1. The predicted molar refractivity (Wildman–Crippen MR) is 92.9 cm³/mol. The van der Waals surface area contributed by atoms with E-state index in [1.165, 1.54) is 11.3 Å². The zero-order valence-corrected chi connectivity index (χ0v) is 15.2. The maximum atomic E-state index is 6.65. The maximum Gasteiger partial charge on any atom is 0.0766 e. The van der Waals surface area contributed by atoms with E-state index in [-0.39, 0.29) is 5.38 Å². The zero-order chi connectivity index (χ0) is 15.4. The zero-order valence-electron chi connectivity index (χ0n) is 12.8. The Balaban J connectivity index is 2.19. The molecule has 2 atom stereocenters. The molecule has 0 aliphatic carbocycles. The van der Waals surface area contributed by atoms with E-state index in [9.17, 15) is 0 Å². The molecule has 0 fully saturated rings. The number of halogens is 2. The van der Waals surface area contributed by atoms with E-state index in [2.05, 4.69) is 58.6 Å². The Morgan fingerprint density at radius 1 is 1.24 bits per heavy atom. The van der Waals surface area contributed by atoms with Crippen LogP contribution in [0.15, 0.2) is 34.8 Å². The average molecular weight is 370 g/mol. The molecule has 114 valence electrons. The number of alkyl halides is 1. The van der Waals surface area contributed by atoms with Crippen LogP contribution in [0.25, 0.3) is 0 Å². The molecule has 2 nitrogen and oxygen atoms in total. The third kappa shape index (κ3) is 3.70. The van der Waals surface area contributed by atoms with Crippen LogP contribution in [0.1, 0.15) is 43.1 Å². The molecular weight excluding hydrogens is 348 g/mol. The Labute approximate surface area is 140 Å². The molecule has 1 heterocycles. The molecular formula is C17H22BrClN2. The van der Waals surface area contributed by atoms with Gasteiger partial charge in [-0.05, 0) is 47.2 Å². The molecule has 2 aromatic rings. The average Bonchev–Trinajstić information content (AvgIpc) is 2.83. The monoisotopic (exact) mass is 368 g/mol. The summed E-state index contributed by atoms with van der Waals surface area (Å²) < 4.78 is 3.24. The number of aryl methyl sites for hydroxylation is 2. The van der Waals surface area contributed by atoms with Crippen molar-refractivity contribution in [1.29, 1.82) is 0 Å². The highest BCUT2D eigenvalue weighted by atomic mass is 79.9. The normalized spacial score (nSPS) is 14.1. The van der Waals surface area contributed by atoms with Gasteiger partial charge in [0.15, 0.2) is 0 Å². The maximum absolute atomic E-state index is 6.65. The first kappa shape index (κ1) is 16.6. The summed E-state index contributed by atoms with van der Waals surface area (Å²) in [6, 6.07) is 10.3. The van der Waals surface area contributed by atoms with Gasteiger partial charge in [-0.1, -0.05) is 44.2 Å². The second-order valence-electron chi connectivity index (χ2n) is 5.37. The highest BCUT2D eigenvalue weighted by Gasteiger charge is 2.21. The molecule has 0 saturated heterocycles. The number of rotatable bonds is 6. The van der Waals surface area contributed by atoms with Crippen molar-refractivity contribution in [3.8, 4) is 0 Å². The van der Waals surface area contributed by atoms with Crippen LogP contribution in [0.4, 0.5) is 0 Å². The Bertz CT molecular complexity index is 580. The van der Waals surface area contributed by atoms with Crippen LogP contribution >= 0.6 is 27.5 Å². The summed E-state index contributed by atoms with van der Waals surface area (Å²) in [5.41, 5.74) is 3.56. The second-order valence-corrected chi connectivity index (χ2v) is 6.63. The molecule has 0 spiro atoms. The molecule has 0 radical (unpaired) electrons. The van der Waals surface area contributed by atoms with E-state index in [4.69, 9.17) is 11.6 Å². The van der Waals surface area contributed by atoms with Crippen molar-refractivity contribution in [2.24, 2.45) is 5.92 Å². The van der Waals surface area contributed by atoms with Gasteiger partial charge in [-0.3, -0.25) is 4.68 Å². The van der Waals surface area contributed by atoms with Crippen LogP contribution in [-0.4, -0.2) is 9.78 Å². The van der Waals surface area contributed by atoms with Gasteiger partial charge in [-0.15, -0.1) is 11.6 Å². The Kier molecular flexibility index (Phi) is 5.88. The molecule has 0 saturated carbocycles. The van der Waals surface area contributed by atoms with Gasteiger partial charge in [0.2, 0.25) is 0 Å². The van der Waals surface area contributed by atoms with Crippen LogP contribution in [0, 0.1) is 5.92 Å². The van der Waals surface area contributed by atoms with Gasteiger partial charge >= 0.3 is 0 Å². The minimum atomic E-state index is 0.0170. The number of benzene rings is 1. The van der Waals surface area contributed by atoms with Crippen molar-refractivity contribution >= 4 is 27.5 Å². The molecule has 1 aromatic heterocycles. The summed E-state index contributed by atoms with van der Waals surface area (Å²) in [6.45, 7) is 7.35. The fourth-order valence-electron chi connectivity index (χ4n) is 2.59. The lowest BCUT2D eigenvalue weighted by atomic mass is 9.96. The van der Waals surface area contributed by atoms with Crippen LogP contribution in [-0.2, 0) is 19.4 Å². The Morgan fingerprint density at radius 2 is 1.90 bits per heavy atom. The second kappa shape index (κ2) is 7.46. The molecule has 4 heteroatoms. The molecule has 2 rings (SSSR count). The fourth-order valence-corrected chi connectivity index (χ4v) is 3.55. The number of hydrogen-bond donors (Lipinski definition) is 0. The number of aromatic nitrogens is 2. The first-order valence-corrected chi connectivity index (χ1v) is 8.74. The summed E-state index contributed by atoms with van der Waals surface area (Å²) >= 11 is 10.4. The lowest BCUT2D eigenvalue weighted by Crippen LogP contribution is -2.12. The highest BCUT2D eigenvalue weighted by Crippen LogP contribution is 2.33. The van der Waals surface area contributed by atoms with Crippen molar-refractivity contribution in [1.82, 2.24) is 9.78 Å². The molecule has 0 N–H and O–H groups in total. The lowest BCUT2D eigenvalue weighted by Gasteiger charge is -2.19. The van der Waals surface area contributed by atoms with Gasteiger partial charge in [0.1, 0.15) is 0 Å². The first-order valence-electron chi connectivity index (χ1n) is 7.51. The third-order valence-corrected chi connectivity index (χ3v) is 5.42.